The summed E-state index contributed by atoms with van der Waals surface area (Å²) < 4.78 is 26.4. The molecule has 1 heterocycles. The van der Waals surface area contributed by atoms with E-state index in [0.717, 1.165) is 25.7 Å². The number of hydrogen-bond acceptors (Lipinski definition) is 3. The van der Waals surface area contributed by atoms with Crippen molar-refractivity contribution >= 4 is 16.0 Å². The highest BCUT2D eigenvalue weighted by Crippen LogP contribution is 2.21. The maximum absolute atomic E-state index is 12.4. The molecule has 0 aliphatic carbocycles. The fourth-order valence-electron chi connectivity index (χ4n) is 2.22. The van der Waals surface area contributed by atoms with Gasteiger partial charge in [0.15, 0.2) is 0 Å². The quantitative estimate of drug-likeness (QED) is 0.920. The molecule has 0 atom stereocenters. The van der Waals surface area contributed by atoms with Crippen LogP contribution in [0.3, 0.4) is 0 Å². The Morgan fingerprint density at radius 2 is 1.74 bits per heavy atom. The SMILES string of the molecule is O=C(O)c1cccc(S(=O)(=O)N2CCCCCC2)c1. The third kappa shape index (κ3) is 3.13. The van der Waals surface area contributed by atoms with Gasteiger partial charge in [-0.3, -0.25) is 0 Å². The molecule has 2 rings (SSSR count). The highest BCUT2D eigenvalue weighted by Gasteiger charge is 2.25. The summed E-state index contributed by atoms with van der Waals surface area (Å²) in [6.07, 6.45) is 3.80. The van der Waals surface area contributed by atoms with E-state index in [9.17, 15) is 13.2 Å². The summed E-state index contributed by atoms with van der Waals surface area (Å²) in [5, 5.41) is 8.92. The van der Waals surface area contributed by atoms with Crippen molar-refractivity contribution in [1.29, 1.82) is 0 Å². The lowest BCUT2D eigenvalue weighted by Gasteiger charge is -2.20. The van der Waals surface area contributed by atoms with Crippen molar-refractivity contribution < 1.29 is 18.3 Å². The summed E-state index contributed by atoms with van der Waals surface area (Å²) in [6, 6.07) is 5.53. The monoisotopic (exact) mass is 283 g/mol. The molecule has 1 aliphatic rings. The van der Waals surface area contributed by atoms with Crippen LogP contribution in [0.4, 0.5) is 0 Å². The zero-order valence-electron chi connectivity index (χ0n) is 10.6. The Kier molecular flexibility index (Phi) is 4.21. The van der Waals surface area contributed by atoms with E-state index in [1.54, 1.807) is 0 Å². The van der Waals surface area contributed by atoms with Gasteiger partial charge in [0.2, 0.25) is 10.0 Å². The molecule has 1 aromatic rings. The van der Waals surface area contributed by atoms with Crippen molar-refractivity contribution in [1.82, 2.24) is 4.31 Å². The summed E-state index contributed by atoms with van der Waals surface area (Å²) in [5.41, 5.74) is -0.00380. The second-order valence-corrected chi connectivity index (χ2v) is 6.59. The largest absolute Gasteiger partial charge is 0.478 e. The van der Waals surface area contributed by atoms with Crippen LogP contribution in [0.25, 0.3) is 0 Å². The second kappa shape index (κ2) is 5.71. The molecule has 0 bridgehead atoms. The lowest BCUT2D eigenvalue weighted by molar-refractivity contribution is 0.0696. The number of carbonyl (C=O) groups is 1. The van der Waals surface area contributed by atoms with Crippen molar-refractivity contribution in [2.75, 3.05) is 13.1 Å². The van der Waals surface area contributed by atoms with Gasteiger partial charge in [0.1, 0.15) is 0 Å². The normalized spacial score (nSPS) is 17.9. The molecule has 0 amide bonds. The van der Waals surface area contributed by atoms with Crippen LogP contribution in [0.2, 0.25) is 0 Å². The lowest BCUT2D eigenvalue weighted by Crippen LogP contribution is -2.32. The summed E-state index contributed by atoms with van der Waals surface area (Å²) in [7, 11) is -3.57. The van der Waals surface area contributed by atoms with Gasteiger partial charge in [0.25, 0.3) is 0 Å². The van der Waals surface area contributed by atoms with Crippen LogP contribution in [0, 0.1) is 0 Å². The molecule has 0 unspecified atom stereocenters. The smallest absolute Gasteiger partial charge is 0.335 e. The van der Waals surface area contributed by atoms with Gasteiger partial charge in [0.05, 0.1) is 10.5 Å². The molecular weight excluding hydrogens is 266 g/mol. The van der Waals surface area contributed by atoms with Crippen molar-refractivity contribution in [2.45, 2.75) is 30.6 Å². The topological polar surface area (TPSA) is 74.7 Å². The molecule has 6 heteroatoms. The minimum atomic E-state index is -3.57. The highest BCUT2D eigenvalue weighted by molar-refractivity contribution is 7.89. The molecule has 1 aliphatic heterocycles. The molecular formula is C13H17NO4S. The van der Waals surface area contributed by atoms with E-state index in [-0.39, 0.29) is 10.5 Å². The number of hydrogen-bond donors (Lipinski definition) is 1. The molecule has 1 N–H and O–H groups in total. The molecule has 0 aromatic heterocycles. The van der Waals surface area contributed by atoms with Gasteiger partial charge in [-0.1, -0.05) is 18.9 Å². The molecule has 1 saturated heterocycles. The van der Waals surface area contributed by atoms with Crippen LogP contribution in [0.5, 0.6) is 0 Å². The van der Waals surface area contributed by atoms with E-state index in [1.165, 1.54) is 28.6 Å². The molecule has 0 spiro atoms. The van der Waals surface area contributed by atoms with E-state index >= 15 is 0 Å². The number of sulfonamides is 1. The molecule has 1 fully saturated rings. The van der Waals surface area contributed by atoms with Crippen LogP contribution in [-0.4, -0.2) is 36.9 Å². The van der Waals surface area contributed by atoms with Gasteiger partial charge in [-0.25, -0.2) is 13.2 Å². The zero-order valence-corrected chi connectivity index (χ0v) is 11.4. The van der Waals surface area contributed by atoms with Crippen LogP contribution in [0.1, 0.15) is 36.0 Å². The number of carboxylic acids is 1. The standard InChI is InChI=1S/C13H17NO4S/c15-13(16)11-6-5-7-12(10-11)19(17,18)14-8-3-1-2-4-9-14/h5-7,10H,1-4,8-9H2,(H,15,16). The maximum Gasteiger partial charge on any atom is 0.335 e. The predicted octanol–water partition coefficient (Wildman–Crippen LogP) is 1.95. The van der Waals surface area contributed by atoms with Crippen molar-refractivity contribution in [2.24, 2.45) is 0 Å². The van der Waals surface area contributed by atoms with Gasteiger partial charge >= 0.3 is 5.97 Å². The van der Waals surface area contributed by atoms with E-state index < -0.39 is 16.0 Å². The van der Waals surface area contributed by atoms with Crippen molar-refractivity contribution in [3.63, 3.8) is 0 Å². The maximum atomic E-state index is 12.4. The minimum absolute atomic E-state index is 0.00380. The summed E-state index contributed by atoms with van der Waals surface area (Å²) >= 11 is 0. The first-order chi connectivity index (χ1) is 9.01. The van der Waals surface area contributed by atoms with Gasteiger partial charge in [-0.2, -0.15) is 4.31 Å². The minimum Gasteiger partial charge on any atom is -0.478 e. The van der Waals surface area contributed by atoms with Gasteiger partial charge < -0.3 is 5.11 Å². The van der Waals surface area contributed by atoms with Crippen molar-refractivity contribution in [3.05, 3.63) is 29.8 Å². The summed E-state index contributed by atoms with van der Waals surface area (Å²) in [5.74, 6) is -1.12. The summed E-state index contributed by atoms with van der Waals surface area (Å²) in [4.78, 5) is 11.0. The third-order valence-corrected chi connectivity index (χ3v) is 5.18. The Balaban J connectivity index is 2.32. The van der Waals surface area contributed by atoms with Crippen LogP contribution >= 0.6 is 0 Å². The Hall–Kier alpha value is -1.40. The van der Waals surface area contributed by atoms with Crippen LogP contribution < -0.4 is 0 Å². The molecule has 5 nitrogen and oxygen atoms in total. The lowest BCUT2D eigenvalue weighted by atomic mass is 10.2. The average molecular weight is 283 g/mol. The van der Waals surface area contributed by atoms with Gasteiger partial charge in [0, 0.05) is 13.1 Å². The Morgan fingerprint density at radius 3 is 2.32 bits per heavy atom. The zero-order chi connectivity index (χ0) is 13.9. The Bertz CT molecular complexity index is 560. The van der Waals surface area contributed by atoms with Crippen LogP contribution in [-0.2, 0) is 10.0 Å². The first-order valence-electron chi connectivity index (χ1n) is 6.35. The molecule has 0 saturated carbocycles. The molecule has 19 heavy (non-hydrogen) atoms. The first-order valence-corrected chi connectivity index (χ1v) is 7.79. The van der Waals surface area contributed by atoms with E-state index in [2.05, 4.69) is 0 Å². The first kappa shape index (κ1) is 14.0. The fourth-order valence-corrected chi connectivity index (χ4v) is 3.78. The number of nitrogens with zero attached hydrogens (tertiary/aromatic N) is 1. The van der Waals surface area contributed by atoms with Gasteiger partial charge in [-0.15, -0.1) is 0 Å². The van der Waals surface area contributed by atoms with E-state index in [0.29, 0.717) is 13.1 Å². The predicted molar refractivity (Wildman–Crippen MR) is 70.6 cm³/mol. The number of carboxylic acid groups (broad SMARTS) is 1. The van der Waals surface area contributed by atoms with Gasteiger partial charge in [-0.05, 0) is 31.0 Å². The highest BCUT2D eigenvalue weighted by atomic mass is 32.2. The number of rotatable bonds is 3. The average Bonchev–Trinajstić information content (AvgIpc) is 2.68. The summed E-state index contributed by atoms with van der Waals surface area (Å²) in [6.45, 7) is 1.03. The third-order valence-electron chi connectivity index (χ3n) is 3.28. The molecule has 1 aromatic carbocycles. The van der Waals surface area contributed by atoms with Crippen LogP contribution in [0.15, 0.2) is 29.2 Å². The number of benzene rings is 1. The molecule has 0 radical (unpaired) electrons. The van der Waals surface area contributed by atoms with E-state index in [4.69, 9.17) is 5.11 Å². The Morgan fingerprint density at radius 1 is 1.11 bits per heavy atom. The fraction of sp³-hybridized carbons (Fsp3) is 0.462. The second-order valence-electron chi connectivity index (χ2n) is 4.65. The molecule has 104 valence electrons. The number of aromatic carboxylic acids is 1. The Labute approximate surface area is 112 Å². The van der Waals surface area contributed by atoms with E-state index in [1.807, 2.05) is 0 Å². The van der Waals surface area contributed by atoms with Crippen molar-refractivity contribution in [3.8, 4) is 0 Å².